The minimum Gasteiger partial charge on any atom is -0.496 e. The van der Waals surface area contributed by atoms with Crippen LogP contribution in [0.5, 0.6) is 5.75 Å². The predicted molar refractivity (Wildman–Crippen MR) is 80.2 cm³/mol. The SMILES string of the molecule is COc1ccc(Cl)cc1/C(C)=N\Nc1ccc(F)cc1. The first-order valence-electron chi connectivity index (χ1n) is 6.00. The maximum absolute atomic E-state index is 12.8. The van der Waals surface area contributed by atoms with E-state index in [1.807, 2.05) is 6.92 Å². The van der Waals surface area contributed by atoms with Crippen LogP contribution in [0.4, 0.5) is 10.1 Å². The maximum atomic E-state index is 12.8. The third-order valence-corrected chi connectivity index (χ3v) is 2.98. The number of hydrogen-bond acceptors (Lipinski definition) is 3. The van der Waals surface area contributed by atoms with Crippen molar-refractivity contribution in [3.8, 4) is 5.75 Å². The molecule has 0 radical (unpaired) electrons. The van der Waals surface area contributed by atoms with Crippen molar-refractivity contribution >= 4 is 23.0 Å². The molecular formula is C15H14ClFN2O. The van der Waals surface area contributed by atoms with E-state index in [9.17, 15) is 4.39 Å². The van der Waals surface area contributed by atoms with Crippen LogP contribution in [0, 0.1) is 5.82 Å². The molecule has 0 atom stereocenters. The molecule has 0 aliphatic heterocycles. The molecule has 0 aromatic heterocycles. The fourth-order valence-corrected chi connectivity index (χ4v) is 1.87. The summed E-state index contributed by atoms with van der Waals surface area (Å²) < 4.78 is 18.1. The summed E-state index contributed by atoms with van der Waals surface area (Å²) in [6, 6.07) is 11.3. The lowest BCUT2D eigenvalue weighted by molar-refractivity contribution is 0.414. The van der Waals surface area contributed by atoms with Gasteiger partial charge < -0.3 is 4.74 Å². The first-order valence-corrected chi connectivity index (χ1v) is 6.37. The summed E-state index contributed by atoms with van der Waals surface area (Å²) in [5.41, 5.74) is 5.08. The number of rotatable bonds is 4. The highest BCUT2D eigenvalue weighted by Gasteiger charge is 2.07. The Morgan fingerprint density at radius 2 is 1.90 bits per heavy atom. The number of anilines is 1. The third-order valence-electron chi connectivity index (χ3n) is 2.75. The van der Waals surface area contributed by atoms with Crippen LogP contribution in [0.2, 0.25) is 5.02 Å². The lowest BCUT2D eigenvalue weighted by Gasteiger charge is -2.09. The fraction of sp³-hybridized carbons (Fsp3) is 0.133. The number of hydrogen-bond donors (Lipinski definition) is 1. The number of methoxy groups -OCH3 is 1. The Kier molecular flexibility index (Phi) is 4.58. The van der Waals surface area contributed by atoms with Gasteiger partial charge in [-0.15, -0.1) is 0 Å². The summed E-state index contributed by atoms with van der Waals surface area (Å²) in [6.45, 7) is 1.84. The van der Waals surface area contributed by atoms with E-state index in [1.54, 1.807) is 37.4 Å². The standard InChI is InChI=1S/C15H14ClFN2O/c1-10(14-9-11(16)3-8-15(14)20-2)18-19-13-6-4-12(17)5-7-13/h3-9,19H,1-2H3/b18-10-. The second-order valence-electron chi connectivity index (χ2n) is 4.16. The molecule has 0 spiro atoms. The van der Waals surface area contributed by atoms with Crippen LogP contribution in [0.25, 0.3) is 0 Å². The minimum atomic E-state index is -0.284. The van der Waals surface area contributed by atoms with Crippen molar-refractivity contribution in [1.82, 2.24) is 0 Å². The molecule has 104 valence electrons. The quantitative estimate of drug-likeness (QED) is 0.672. The number of nitrogens with one attached hydrogen (secondary N) is 1. The number of ether oxygens (including phenoxy) is 1. The summed E-state index contributed by atoms with van der Waals surface area (Å²) in [5.74, 6) is 0.407. The van der Waals surface area contributed by atoms with Crippen LogP contribution < -0.4 is 10.2 Å². The molecule has 0 unspecified atom stereocenters. The molecular weight excluding hydrogens is 279 g/mol. The van der Waals surface area contributed by atoms with E-state index in [4.69, 9.17) is 16.3 Å². The highest BCUT2D eigenvalue weighted by molar-refractivity contribution is 6.31. The normalized spacial score (nSPS) is 11.3. The number of halogens is 2. The smallest absolute Gasteiger partial charge is 0.128 e. The maximum Gasteiger partial charge on any atom is 0.128 e. The van der Waals surface area contributed by atoms with Crippen LogP contribution in [0.1, 0.15) is 12.5 Å². The van der Waals surface area contributed by atoms with E-state index >= 15 is 0 Å². The molecule has 0 bridgehead atoms. The number of nitrogens with zero attached hydrogens (tertiary/aromatic N) is 1. The number of hydrazone groups is 1. The van der Waals surface area contributed by atoms with Crippen molar-refractivity contribution in [3.63, 3.8) is 0 Å². The molecule has 1 N–H and O–H groups in total. The molecule has 0 aliphatic rings. The van der Waals surface area contributed by atoms with Gasteiger partial charge in [0.1, 0.15) is 11.6 Å². The average molecular weight is 293 g/mol. The van der Waals surface area contributed by atoms with Crippen molar-refractivity contribution in [2.45, 2.75) is 6.92 Å². The molecule has 0 saturated heterocycles. The van der Waals surface area contributed by atoms with Gasteiger partial charge in [-0.25, -0.2) is 4.39 Å². The Balaban J connectivity index is 2.22. The predicted octanol–water partition coefficient (Wildman–Crippen LogP) is 4.32. The zero-order chi connectivity index (χ0) is 14.5. The van der Waals surface area contributed by atoms with E-state index in [-0.39, 0.29) is 5.82 Å². The molecule has 0 aliphatic carbocycles. The van der Waals surface area contributed by atoms with Gasteiger partial charge in [0.25, 0.3) is 0 Å². The highest BCUT2D eigenvalue weighted by atomic mass is 35.5. The monoisotopic (exact) mass is 292 g/mol. The van der Waals surface area contributed by atoms with Gasteiger partial charge in [0.2, 0.25) is 0 Å². The van der Waals surface area contributed by atoms with E-state index in [0.29, 0.717) is 22.2 Å². The summed E-state index contributed by atoms with van der Waals surface area (Å²) in [5, 5.41) is 4.86. The summed E-state index contributed by atoms with van der Waals surface area (Å²) in [6.07, 6.45) is 0. The molecule has 2 aromatic carbocycles. The molecule has 0 heterocycles. The van der Waals surface area contributed by atoms with Gasteiger partial charge in [-0.05, 0) is 49.4 Å². The second-order valence-corrected chi connectivity index (χ2v) is 4.60. The Morgan fingerprint density at radius 3 is 2.55 bits per heavy atom. The van der Waals surface area contributed by atoms with Crippen molar-refractivity contribution in [2.75, 3.05) is 12.5 Å². The van der Waals surface area contributed by atoms with Crippen molar-refractivity contribution in [3.05, 3.63) is 58.9 Å². The van der Waals surface area contributed by atoms with Crippen LogP contribution >= 0.6 is 11.6 Å². The first kappa shape index (κ1) is 14.3. The fourth-order valence-electron chi connectivity index (χ4n) is 1.70. The van der Waals surface area contributed by atoms with Gasteiger partial charge in [-0.2, -0.15) is 5.10 Å². The van der Waals surface area contributed by atoms with E-state index < -0.39 is 0 Å². The Labute approximate surface area is 122 Å². The molecule has 20 heavy (non-hydrogen) atoms. The zero-order valence-electron chi connectivity index (χ0n) is 11.2. The highest BCUT2D eigenvalue weighted by Crippen LogP contribution is 2.23. The van der Waals surface area contributed by atoms with Gasteiger partial charge in [-0.3, -0.25) is 5.43 Å². The summed E-state index contributed by atoms with van der Waals surface area (Å²) in [7, 11) is 1.59. The van der Waals surface area contributed by atoms with Crippen molar-refractivity contribution in [1.29, 1.82) is 0 Å². The minimum absolute atomic E-state index is 0.284. The number of benzene rings is 2. The average Bonchev–Trinajstić information content (AvgIpc) is 2.46. The van der Waals surface area contributed by atoms with E-state index in [2.05, 4.69) is 10.5 Å². The van der Waals surface area contributed by atoms with Gasteiger partial charge in [0.05, 0.1) is 18.5 Å². The largest absolute Gasteiger partial charge is 0.496 e. The zero-order valence-corrected chi connectivity index (χ0v) is 11.9. The van der Waals surface area contributed by atoms with Gasteiger partial charge in [-0.1, -0.05) is 11.6 Å². The molecule has 5 heteroatoms. The lowest BCUT2D eigenvalue weighted by atomic mass is 10.1. The summed E-state index contributed by atoms with van der Waals surface area (Å²) >= 11 is 5.98. The van der Waals surface area contributed by atoms with Crippen LogP contribution in [-0.2, 0) is 0 Å². The molecule has 3 nitrogen and oxygen atoms in total. The summed E-state index contributed by atoms with van der Waals surface area (Å²) in [4.78, 5) is 0. The van der Waals surface area contributed by atoms with Gasteiger partial charge in [0, 0.05) is 10.6 Å². The van der Waals surface area contributed by atoms with Crippen LogP contribution in [0.15, 0.2) is 47.6 Å². The van der Waals surface area contributed by atoms with Crippen LogP contribution in [0.3, 0.4) is 0 Å². The van der Waals surface area contributed by atoms with Gasteiger partial charge >= 0.3 is 0 Å². The van der Waals surface area contributed by atoms with Crippen LogP contribution in [-0.4, -0.2) is 12.8 Å². The topological polar surface area (TPSA) is 33.6 Å². The third kappa shape index (κ3) is 3.48. The Hall–Kier alpha value is -2.07. The van der Waals surface area contributed by atoms with E-state index in [0.717, 1.165) is 5.56 Å². The Bertz CT molecular complexity index is 626. The lowest BCUT2D eigenvalue weighted by Crippen LogP contribution is -2.02. The molecule has 2 rings (SSSR count). The molecule has 0 saturated carbocycles. The van der Waals surface area contributed by atoms with Gasteiger partial charge in [0.15, 0.2) is 0 Å². The van der Waals surface area contributed by atoms with Crippen molar-refractivity contribution < 1.29 is 9.13 Å². The van der Waals surface area contributed by atoms with Crippen molar-refractivity contribution in [2.24, 2.45) is 5.10 Å². The molecule has 0 amide bonds. The molecule has 2 aromatic rings. The molecule has 0 fully saturated rings. The van der Waals surface area contributed by atoms with E-state index in [1.165, 1.54) is 12.1 Å². The first-order chi connectivity index (χ1) is 9.60. The Morgan fingerprint density at radius 1 is 1.20 bits per heavy atom. The second kappa shape index (κ2) is 6.39.